The maximum Gasteiger partial charge on any atom is 0.418 e. The number of alkyl halides is 3. The molecule has 2 amide bonds. The van der Waals surface area contributed by atoms with Gasteiger partial charge in [0.15, 0.2) is 0 Å². The van der Waals surface area contributed by atoms with E-state index in [0.29, 0.717) is 6.07 Å². The van der Waals surface area contributed by atoms with Gasteiger partial charge in [0, 0.05) is 5.02 Å². The first-order valence-corrected chi connectivity index (χ1v) is 6.80. The largest absolute Gasteiger partial charge is 0.418 e. The molecule has 0 radical (unpaired) electrons. The summed E-state index contributed by atoms with van der Waals surface area (Å²) >= 11 is 5.51. The predicted molar refractivity (Wildman–Crippen MR) is 80.1 cm³/mol. The summed E-state index contributed by atoms with van der Waals surface area (Å²) in [6, 6.07) is 7.69. The van der Waals surface area contributed by atoms with Gasteiger partial charge in [-0.15, -0.1) is 0 Å². The predicted octanol–water partition coefficient (Wildman–Crippen LogP) is 4.08. The van der Waals surface area contributed by atoms with E-state index in [-0.39, 0.29) is 10.7 Å². The Hall–Kier alpha value is -2.61. The molecule has 9 heteroatoms. The van der Waals surface area contributed by atoms with Crippen molar-refractivity contribution in [3.05, 3.63) is 58.9 Å². The van der Waals surface area contributed by atoms with Crippen LogP contribution in [0.15, 0.2) is 42.5 Å². The molecule has 4 nitrogen and oxygen atoms in total. The molecular weight excluding hydrogens is 352 g/mol. The maximum absolute atomic E-state index is 13.4. The van der Waals surface area contributed by atoms with Crippen LogP contribution in [0.2, 0.25) is 5.02 Å². The van der Waals surface area contributed by atoms with E-state index < -0.39 is 35.1 Å². The Morgan fingerprint density at radius 1 is 0.917 bits per heavy atom. The number of para-hydroxylation sites is 1. The molecule has 0 unspecified atom stereocenters. The molecule has 0 aromatic heterocycles. The minimum Gasteiger partial charge on any atom is -0.317 e. The number of carbonyl (C=O) groups excluding carboxylic acids is 2. The van der Waals surface area contributed by atoms with Gasteiger partial charge >= 0.3 is 18.0 Å². The quantitative estimate of drug-likeness (QED) is 0.626. The lowest BCUT2D eigenvalue weighted by molar-refractivity contribution is -0.137. The molecule has 2 aromatic rings. The first-order chi connectivity index (χ1) is 11.2. The normalized spacial score (nSPS) is 11.0. The highest BCUT2D eigenvalue weighted by atomic mass is 35.5. The highest BCUT2D eigenvalue weighted by molar-refractivity contribution is 6.43. The van der Waals surface area contributed by atoms with Gasteiger partial charge in [0.05, 0.1) is 16.9 Å². The highest BCUT2D eigenvalue weighted by Gasteiger charge is 2.34. The molecule has 0 spiro atoms. The second-order valence-corrected chi connectivity index (χ2v) is 5.01. The number of anilines is 2. The second kappa shape index (κ2) is 6.88. The number of hydrogen-bond donors (Lipinski definition) is 2. The van der Waals surface area contributed by atoms with E-state index in [4.69, 9.17) is 11.6 Å². The van der Waals surface area contributed by atoms with Crippen LogP contribution >= 0.6 is 11.6 Å². The lowest BCUT2D eigenvalue weighted by Gasteiger charge is -2.14. The van der Waals surface area contributed by atoms with Crippen molar-refractivity contribution in [2.45, 2.75) is 6.18 Å². The summed E-state index contributed by atoms with van der Waals surface area (Å²) in [6.45, 7) is 0. The van der Waals surface area contributed by atoms with E-state index in [0.717, 1.165) is 18.2 Å². The van der Waals surface area contributed by atoms with Gasteiger partial charge in [-0.3, -0.25) is 9.59 Å². The molecule has 24 heavy (non-hydrogen) atoms. The molecule has 0 fully saturated rings. The molecule has 2 N–H and O–H groups in total. The lowest BCUT2D eigenvalue weighted by atomic mass is 10.1. The van der Waals surface area contributed by atoms with E-state index in [1.165, 1.54) is 18.2 Å². The molecule has 0 aliphatic heterocycles. The third-order valence-electron chi connectivity index (χ3n) is 2.86. The minimum absolute atomic E-state index is 0.184. The Morgan fingerprint density at radius 2 is 1.50 bits per heavy atom. The van der Waals surface area contributed by atoms with Crippen molar-refractivity contribution < 1.29 is 27.2 Å². The summed E-state index contributed by atoms with van der Waals surface area (Å²) in [5, 5.41) is 3.61. The van der Waals surface area contributed by atoms with Crippen molar-refractivity contribution in [2.24, 2.45) is 0 Å². The fourth-order valence-corrected chi connectivity index (χ4v) is 1.95. The zero-order valence-electron chi connectivity index (χ0n) is 11.7. The summed E-state index contributed by atoms with van der Waals surface area (Å²) in [5.41, 5.74) is -2.12. The SMILES string of the molecule is O=C(Nc1ccccc1F)C(=O)Nc1ccc(Cl)cc1C(F)(F)F. The van der Waals surface area contributed by atoms with Crippen molar-refractivity contribution in [3.8, 4) is 0 Å². The molecule has 0 aliphatic carbocycles. The van der Waals surface area contributed by atoms with E-state index in [1.54, 1.807) is 0 Å². The van der Waals surface area contributed by atoms with Gasteiger partial charge in [-0.05, 0) is 30.3 Å². The van der Waals surface area contributed by atoms with E-state index >= 15 is 0 Å². The topological polar surface area (TPSA) is 58.2 Å². The fraction of sp³-hybridized carbons (Fsp3) is 0.0667. The summed E-state index contributed by atoms with van der Waals surface area (Å²) < 4.78 is 52.2. The molecule has 0 heterocycles. The molecule has 0 saturated carbocycles. The monoisotopic (exact) mass is 360 g/mol. The summed E-state index contributed by atoms with van der Waals surface area (Å²) in [7, 11) is 0. The van der Waals surface area contributed by atoms with Gasteiger partial charge in [-0.2, -0.15) is 13.2 Å². The zero-order chi connectivity index (χ0) is 17.9. The highest BCUT2D eigenvalue weighted by Crippen LogP contribution is 2.36. The number of halogens is 5. The van der Waals surface area contributed by atoms with Gasteiger partial charge in [0.2, 0.25) is 0 Å². The standard InChI is InChI=1S/C15H9ClF4N2O2/c16-8-5-6-11(9(7-8)15(18,19)20)21-13(23)14(24)22-12-4-2-1-3-10(12)17/h1-7H,(H,21,23)(H,22,24). The molecule has 2 aromatic carbocycles. The number of amides is 2. The van der Waals surface area contributed by atoms with Gasteiger partial charge in [0.1, 0.15) is 5.82 Å². The number of carbonyl (C=O) groups is 2. The molecule has 2 rings (SSSR count). The second-order valence-electron chi connectivity index (χ2n) is 4.58. The van der Waals surface area contributed by atoms with Crippen LogP contribution in [0.4, 0.5) is 28.9 Å². The lowest BCUT2D eigenvalue weighted by Crippen LogP contribution is -2.30. The Morgan fingerprint density at radius 3 is 2.08 bits per heavy atom. The summed E-state index contributed by atoms with van der Waals surface area (Å²) in [5.74, 6) is -3.49. The van der Waals surface area contributed by atoms with E-state index in [1.807, 2.05) is 10.6 Å². The van der Waals surface area contributed by atoms with Gasteiger partial charge in [-0.25, -0.2) is 4.39 Å². The van der Waals surface area contributed by atoms with E-state index in [2.05, 4.69) is 0 Å². The number of benzene rings is 2. The molecule has 0 atom stereocenters. The van der Waals surface area contributed by atoms with Crippen LogP contribution in [0.25, 0.3) is 0 Å². The third-order valence-corrected chi connectivity index (χ3v) is 3.10. The average molecular weight is 361 g/mol. The number of nitrogens with one attached hydrogen (secondary N) is 2. The first-order valence-electron chi connectivity index (χ1n) is 6.42. The van der Waals surface area contributed by atoms with Crippen molar-refractivity contribution in [1.29, 1.82) is 0 Å². The van der Waals surface area contributed by atoms with Crippen LogP contribution in [0.1, 0.15) is 5.56 Å². The summed E-state index contributed by atoms with van der Waals surface area (Å²) in [4.78, 5) is 23.4. The Kier molecular flexibility index (Phi) is 5.08. The zero-order valence-corrected chi connectivity index (χ0v) is 12.5. The van der Waals surface area contributed by atoms with Crippen molar-refractivity contribution in [2.75, 3.05) is 10.6 Å². The van der Waals surface area contributed by atoms with Crippen molar-refractivity contribution in [3.63, 3.8) is 0 Å². The van der Waals surface area contributed by atoms with Crippen LogP contribution in [-0.4, -0.2) is 11.8 Å². The fourth-order valence-electron chi connectivity index (χ4n) is 1.78. The Labute approximate surface area is 138 Å². The number of hydrogen-bond acceptors (Lipinski definition) is 2. The smallest absolute Gasteiger partial charge is 0.317 e. The van der Waals surface area contributed by atoms with Crippen LogP contribution in [-0.2, 0) is 15.8 Å². The molecule has 0 aliphatic rings. The van der Waals surface area contributed by atoms with Gasteiger partial charge in [-0.1, -0.05) is 23.7 Å². The van der Waals surface area contributed by atoms with Gasteiger partial charge < -0.3 is 10.6 Å². The molecule has 126 valence electrons. The van der Waals surface area contributed by atoms with Crippen LogP contribution in [0.3, 0.4) is 0 Å². The van der Waals surface area contributed by atoms with Crippen LogP contribution in [0, 0.1) is 5.82 Å². The van der Waals surface area contributed by atoms with Crippen molar-refractivity contribution in [1.82, 2.24) is 0 Å². The molecular formula is C15H9ClF4N2O2. The van der Waals surface area contributed by atoms with Crippen LogP contribution < -0.4 is 10.6 Å². The Bertz CT molecular complexity index is 793. The van der Waals surface area contributed by atoms with E-state index in [9.17, 15) is 27.2 Å². The molecule has 0 saturated heterocycles. The van der Waals surface area contributed by atoms with Gasteiger partial charge in [0.25, 0.3) is 0 Å². The molecule has 0 bridgehead atoms. The minimum atomic E-state index is -4.78. The average Bonchev–Trinajstić information content (AvgIpc) is 2.50. The number of rotatable bonds is 2. The summed E-state index contributed by atoms with van der Waals surface area (Å²) in [6.07, 6.45) is -4.78. The Balaban J connectivity index is 2.18. The van der Waals surface area contributed by atoms with Crippen LogP contribution in [0.5, 0.6) is 0 Å². The third kappa shape index (κ3) is 4.23. The van der Waals surface area contributed by atoms with Crippen molar-refractivity contribution >= 4 is 34.8 Å². The first kappa shape index (κ1) is 17.7. The maximum atomic E-state index is 13.4.